The lowest BCUT2D eigenvalue weighted by molar-refractivity contribution is -0.121. The number of carbonyl (C=O) groups is 1. The first-order valence-corrected chi connectivity index (χ1v) is 9.78. The zero-order valence-corrected chi connectivity index (χ0v) is 17.4. The molecule has 2 aromatic rings. The van der Waals surface area contributed by atoms with Crippen LogP contribution in [0.1, 0.15) is 45.4 Å². The Kier molecular flexibility index (Phi) is 5.82. The molecule has 150 valence electrons. The number of fused-ring (bicyclic) bond motifs is 1. The van der Waals surface area contributed by atoms with E-state index < -0.39 is 0 Å². The monoisotopic (exact) mass is 383 g/mol. The Balaban J connectivity index is 1.91. The highest BCUT2D eigenvalue weighted by Gasteiger charge is 2.24. The molecule has 0 radical (unpaired) electrons. The van der Waals surface area contributed by atoms with Crippen molar-refractivity contribution in [2.24, 2.45) is 0 Å². The fourth-order valence-corrected chi connectivity index (χ4v) is 3.38. The van der Waals surface area contributed by atoms with Crippen molar-refractivity contribution in [3.63, 3.8) is 0 Å². The SMILES string of the molecule is CCOc1ccnc(-c2nc3c(c(N(C)CC(=O)NC(C)(C)C)n2)CCC3)c1. The third kappa shape index (κ3) is 4.77. The summed E-state index contributed by atoms with van der Waals surface area (Å²) in [6.45, 7) is 8.70. The summed E-state index contributed by atoms with van der Waals surface area (Å²) in [6.07, 6.45) is 4.61. The van der Waals surface area contributed by atoms with Crippen molar-refractivity contribution in [3.05, 3.63) is 29.6 Å². The zero-order valence-electron chi connectivity index (χ0n) is 17.4. The van der Waals surface area contributed by atoms with E-state index in [-0.39, 0.29) is 18.0 Å². The van der Waals surface area contributed by atoms with E-state index in [1.165, 1.54) is 0 Å². The molecule has 2 aromatic heterocycles. The van der Waals surface area contributed by atoms with Gasteiger partial charge in [0, 0.05) is 36.1 Å². The first-order chi connectivity index (χ1) is 13.3. The standard InChI is InChI=1S/C21H29N5O2/c1-6-28-14-10-11-22-17(12-14)19-23-16-9-7-8-15(16)20(24-19)26(5)13-18(27)25-21(2,3)4/h10-12H,6-9,13H2,1-5H3,(H,25,27). The summed E-state index contributed by atoms with van der Waals surface area (Å²) in [5, 5.41) is 3.00. The van der Waals surface area contributed by atoms with Crippen molar-refractivity contribution < 1.29 is 9.53 Å². The minimum atomic E-state index is -0.264. The molecule has 1 N–H and O–H groups in total. The second kappa shape index (κ2) is 8.12. The van der Waals surface area contributed by atoms with Crippen LogP contribution < -0.4 is 15.0 Å². The van der Waals surface area contributed by atoms with Crippen LogP contribution >= 0.6 is 0 Å². The fraction of sp³-hybridized carbons (Fsp3) is 0.524. The predicted octanol–water partition coefficient (Wildman–Crippen LogP) is 2.78. The Labute approximate surface area is 166 Å². The van der Waals surface area contributed by atoms with Crippen LogP contribution in [0.4, 0.5) is 5.82 Å². The lowest BCUT2D eigenvalue weighted by Gasteiger charge is -2.25. The number of rotatable bonds is 6. The summed E-state index contributed by atoms with van der Waals surface area (Å²) in [5.41, 5.74) is 2.59. The molecule has 0 fully saturated rings. The molecule has 0 aliphatic heterocycles. The Hall–Kier alpha value is -2.70. The Bertz CT molecular complexity index is 860. The molecule has 0 spiro atoms. The Morgan fingerprint density at radius 1 is 1.29 bits per heavy atom. The molecule has 0 saturated carbocycles. The van der Waals surface area contributed by atoms with Crippen LogP contribution in [0.15, 0.2) is 18.3 Å². The van der Waals surface area contributed by atoms with Crippen molar-refractivity contribution in [2.75, 3.05) is 25.1 Å². The molecule has 1 aliphatic carbocycles. The van der Waals surface area contributed by atoms with Crippen molar-refractivity contribution in [1.82, 2.24) is 20.3 Å². The van der Waals surface area contributed by atoms with E-state index in [0.29, 0.717) is 18.1 Å². The number of nitrogens with one attached hydrogen (secondary N) is 1. The number of hydrogen-bond donors (Lipinski definition) is 1. The molecule has 0 bridgehead atoms. The average Bonchev–Trinajstić information content (AvgIpc) is 3.08. The van der Waals surface area contributed by atoms with Gasteiger partial charge in [0.15, 0.2) is 5.82 Å². The quantitative estimate of drug-likeness (QED) is 0.826. The number of nitrogens with zero attached hydrogens (tertiary/aromatic N) is 4. The molecule has 1 aliphatic rings. The second-order valence-electron chi connectivity index (χ2n) is 8.11. The highest BCUT2D eigenvalue weighted by Crippen LogP contribution is 2.31. The third-order valence-electron chi connectivity index (χ3n) is 4.44. The van der Waals surface area contributed by atoms with Gasteiger partial charge >= 0.3 is 0 Å². The van der Waals surface area contributed by atoms with Crippen LogP contribution in [0, 0.1) is 0 Å². The summed E-state index contributed by atoms with van der Waals surface area (Å²) >= 11 is 0. The number of amides is 1. The topological polar surface area (TPSA) is 80.2 Å². The second-order valence-corrected chi connectivity index (χ2v) is 8.11. The lowest BCUT2D eigenvalue weighted by Crippen LogP contribution is -2.45. The van der Waals surface area contributed by atoms with Gasteiger partial charge in [0.1, 0.15) is 17.3 Å². The van der Waals surface area contributed by atoms with Crippen molar-refractivity contribution in [2.45, 2.75) is 52.5 Å². The van der Waals surface area contributed by atoms with Gasteiger partial charge in [0.05, 0.1) is 13.2 Å². The maximum absolute atomic E-state index is 12.4. The van der Waals surface area contributed by atoms with E-state index in [1.807, 2.05) is 51.8 Å². The molecule has 7 nitrogen and oxygen atoms in total. The first-order valence-electron chi connectivity index (χ1n) is 9.78. The number of carbonyl (C=O) groups excluding carboxylic acids is 1. The van der Waals surface area contributed by atoms with E-state index in [4.69, 9.17) is 14.7 Å². The molecule has 0 aromatic carbocycles. The predicted molar refractivity (Wildman–Crippen MR) is 110 cm³/mol. The molecule has 0 unspecified atom stereocenters. The number of anilines is 1. The van der Waals surface area contributed by atoms with Gasteiger partial charge in [-0.2, -0.15) is 0 Å². The van der Waals surface area contributed by atoms with Crippen molar-refractivity contribution in [3.8, 4) is 17.3 Å². The summed E-state index contributed by atoms with van der Waals surface area (Å²) in [4.78, 5) is 28.3. The van der Waals surface area contributed by atoms with Gasteiger partial charge in [-0.25, -0.2) is 9.97 Å². The van der Waals surface area contributed by atoms with Crippen LogP contribution in [0.25, 0.3) is 11.5 Å². The first kappa shape index (κ1) is 20.0. The van der Waals surface area contributed by atoms with Crippen LogP contribution in [-0.2, 0) is 17.6 Å². The fourth-order valence-electron chi connectivity index (χ4n) is 3.38. The highest BCUT2D eigenvalue weighted by atomic mass is 16.5. The van der Waals surface area contributed by atoms with Crippen LogP contribution in [0.2, 0.25) is 0 Å². The molecule has 7 heteroatoms. The van der Waals surface area contributed by atoms with Gasteiger partial charge in [-0.05, 0) is 53.0 Å². The lowest BCUT2D eigenvalue weighted by atomic mass is 10.1. The van der Waals surface area contributed by atoms with Gasteiger partial charge in [0.25, 0.3) is 0 Å². The van der Waals surface area contributed by atoms with Gasteiger partial charge in [-0.1, -0.05) is 0 Å². The number of pyridine rings is 1. The van der Waals surface area contributed by atoms with Gasteiger partial charge < -0.3 is 15.0 Å². The molecular weight excluding hydrogens is 354 g/mol. The van der Waals surface area contributed by atoms with Crippen LogP contribution in [0.5, 0.6) is 5.75 Å². The molecular formula is C21H29N5O2. The van der Waals surface area contributed by atoms with E-state index in [9.17, 15) is 4.79 Å². The van der Waals surface area contributed by atoms with E-state index in [1.54, 1.807) is 6.20 Å². The minimum Gasteiger partial charge on any atom is -0.494 e. The summed E-state index contributed by atoms with van der Waals surface area (Å²) < 4.78 is 5.58. The van der Waals surface area contributed by atoms with Crippen molar-refractivity contribution >= 4 is 11.7 Å². The van der Waals surface area contributed by atoms with Crippen molar-refractivity contribution in [1.29, 1.82) is 0 Å². The normalized spacial score (nSPS) is 13.2. The number of hydrogen-bond acceptors (Lipinski definition) is 6. The summed E-state index contributed by atoms with van der Waals surface area (Å²) in [7, 11) is 1.90. The summed E-state index contributed by atoms with van der Waals surface area (Å²) in [5.74, 6) is 2.10. The van der Waals surface area contributed by atoms with E-state index >= 15 is 0 Å². The van der Waals surface area contributed by atoms with Crippen LogP contribution in [0.3, 0.4) is 0 Å². The van der Waals surface area contributed by atoms with Gasteiger partial charge in [-0.15, -0.1) is 0 Å². The highest BCUT2D eigenvalue weighted by molar-refractivity contribution is 5.82. The van der Waals surface area contributed by atoms with Gasteiger partial charge in [0.2, 0.25) is 5.91 Å². The Morgan fingerprint density at radius 3 is 2.79 bits per heavy atom. The molecule has 28 heavy (non-hydrogen) atoms. The maximum atomic E-state index is 12.4. The number of likely N-dealkylation sites (N-methyl/N-ethyl adjacent to an activating group) is 1. The Morgan fingerprint density at radius 2 is 2.07 bits per heavy atom. The molecule has 0 atom stereocenters. The van der Waals surface area contributed by atoms with Gasteiger partial charge in [-0.3, -0.25) is 9.78 Å². The molecule has 0 saturated heterocycles. The summed E-state index contributed by atoms with van der Waals surface area (Å²) in [6, 6.07) is 3.68. The molecule has 2 heterocycles. The molecule has 3 rings (SSSR count). The number of aryl methyl sites for hydroxylation is 1. The minimum absolute atomic E-state index is 0.0293. The van der Waals surface area contributed by atoms with Crippen LogP contribution in [-0.4, -0.2) is 46.6 Å². The van der Waals surface area contributed by atoms with E-state index in [0.717, 1.165) is 42.1 Å². The average molecular weight is 383 g/mol. The van der Waals surface area contributed by atoms with E-state index in [2.05, 4.69) is 10.3 Å². The number of ether oxygens (including phenoxy) is 1. The molecule has 1 amide bonds. The largest absolute Gasteiger partial charge is 0.494 e. The maximum Gasteiger partial charge on any atom is 0.239 e. The third-order valence-corrected chi connectivity index (χ3v) is 4.44. The number of aromatic nitrogens is 3. The zero-order chi connectivity index (χ0) is 20.3. The smallest absolute Gasteiger partial charge is 0.239 e.